The highest BCUT2D eigenvalue weighted by Gasteiger charge is 2.30. The van der Waals surface area contributed by atoms with Crippen molar-refractivity contribution in [3.63, 3.8) is 0 Å². The van der Waals surface area contributed by atoms with E-state index in [1.807, 2.05) is 6.92 Å². The molecule has 182 valence electrons. The Bertz CT molecular complexity index is 713. The van der Waals surface area contributed by atoms with Crippen molar-refractivity contribution in [2.24, 2.45) is 11.7 Å². The summed E-state index contributed by atoms with van der Waals surface area (Å²) in [7, 11) is 0. The Balaban J connectivity index is 5.23. The lowest BCUT2D eigenvalue weighted by Crippen LogP contribution is -2.56. The standard InChI is InChI=1S/C19H32N4O9/c1-4-9(2)15(20)18(30)21-10(3)16(28)22-11(5-7-13(24)25)17(29)23-12(19(31)32)6-8-14(26)27/h9-12,15H,4-8,20H2,1-3H3,(H,21,30)(H,22,28)(H,23,29)(H,24,25)(H,26,27)(H,31,32). The first-order valence-corrected chi connectivity index (χ1v) is 10.1. The van der Waals surface area contributed by atoms with Crippen LogP contribution in [-0.2, 0) is 28.8 Å². The number of aliphatic carboxylic acids is 3. The van der Waals surface area contributed by atoms with Crippen LogP contribution in [0.15, 0.2) is 0 Å². The lowest BCUT2D eigenvalue weighted by molar-refractivity contribution is -0.144. The molecule has 0 aliphatic rings. The predicted octanol–water partition coefficient (Wildman–Crippen LogP) is -1.35. The number of nitrogens with one attached hydrogen (secondary N) is 3. The number of carbonyl (C=O) groups is 6. The van der Waals surface area contributed by atoms with Gasteiger partial charge in [0, 0.05) is 12.8 Å². The Labute approximate surface area is 185 Å². The summed E-state index contributed by atoms with van der Waals surface area (Å²) in [4.78, 5) is 69.9. The third-order valence-electron chi connectivity index (χ3n) is 4.85. The van der Waals surface area contributed by atoms with Gasteiger partial charge in [-0.3, -0.25) is 24.0 Å². The molecule has 5 atom stereocenters. The smallest absolute Gasteiger partial charge is 0.326 e. The minimum atomic E-state index is -1.55. The lowest BCUT2D eigenvalue weighted by Gasteiger charge is -2.24. The molecule has 13 nitrogen and oxygen atoms in total. The molecule has 0 bridgehead atoms. The van der Waals surface area contributed by atoms with E-state index in [0.717, 1.165) is 0 Å². The third-order valence-corrected chi connectivity index (χ3v) is 4.85. The van der Waals surface area contributed by atoms with Crippen LogP contribution in [0.4, 0.5) is 0 Å². The topological polar surface area (TPSA) is 225 Å². The summed E-state index contributed by atoms with van der Waals surface area (Å²) in [6.45, 7) is 4.96. The number of rotatable bonds is 15. The van der Waals surface area contributed by atoms with Crippen LogP contribution in [0.3, 0.4) is 0 Å². The maximum absolute atomic E-state index is 12.5. The summed E-state index contributed by atoms with van der Waals surface area (Å²) in [5, 5.41) is 33.6. The Morgan fingerprint density at radius 1 is 0.750 bits per heavy atom. The fourth-order valence-corrected chi connectivity index (χ4v) is 2.52. The molecule has 0 aromatic rings. The molecule has 0 radical (unpaired) electrons. The molecule has 8 N–H and O–H groups in total. The quantitative estimate of drug-likeness (QED) is 0.152. The van der Waals surface area contributed by atoms with Gasteiger partial charge < -0.3 is 37.0 Å². The van der Waals surface area contributed by atoms with Crippen molar-refractivity contribution in [2.45, 2.75) is 77.0 Å². The first kappa shape index (κ1) is 28.8. The molecule has 0 aromatic carbocycles. The second-order valence-electron chi connectivity index (χ2n) is 7.47. The summed E-state index contributed by atoms with van der Waals surface area (Å²) in [6, 6.07) is -4.94. The number of carbonyl (C=O) groups excluding carboxylic acids is 3. The molecular formula is C19H32N4O9. The molecule has 0 rings (SSSR count). The van der Waals surface area contributed by atoms with Gasteiger partial charge in [-0.15, -0.1) is 0 Å². The van der Waals surface area contributed by atoms with Gasteiger partial charge in [-0.05, 0) is 25.7 Å². The van der Waals surface area contributed by atoms with E-state index in [2.05, 4.69) is 16.0 Å². The number of hydrogen-bond donors (Lipinski definition) is 7. The largest absolute Gasteiger partial charge is 0.481 e. The van der Waals surface area contributed by atoms with Crippen molar-refractivity contribution in [1.29, 1.82) is 0 Å². The highest BCUT2D eigenvalue weighted by Crippen LogP contribution is 2.06. The SMILES string of the molecule is CCC(C)C(N)C(=O)NC(C)C(=O)NC(CCC(=O)O)C(=O)NC(CCC(=O)O)C(=O)O. The molecule has 0 saturated heterocycles. The lowest BCUT2D eigenvalue weighted by atomic mass is 9.99. The second kappa shape index (κ2) is 14.0. The van der Waals surface area contributed by atoms with E-state index in [0.29, 0.717) is 6.42 Å². The highest BCUT2D eigenvalue weighted by molar-refractivity contribution is 5.94. The third kappa shape index (κ3) is 10.7. The van der Waals surface area contributed by atoms with Crippen LogP contribution in [0.1, 0.15) is 52.9 Å². The molecule has 3 amide bonds. The molecule has 32 heavy (non-hydrogen) atoms. The van der Waals surface area contributed by atoms with E-state index in [1.165, 1.54) is 6.92 Å². The van der Waals surface area contributed by atoms with E-state index in [1.54, 1.807) is 6.92 Å². The van der Waals surface area contributed by atoms with Crippen LogP contribution < -0.4 is 21.7 Å². The number of hydrogen-bond acceptors (Lipinski definition) is 7. The van der Waals surface area contributed by atoms with E-state index >= 15 is 0 Å². The number of nitrogens with two attached hydrogens (primary N) is 1. The van der Waals surface area contributed by atoms with E-state index in [9.17, 15) is 33.9 Å². The van der Waals surface area contributed by atoms with Gasteiger partial charge in [0.1, 0.15) is 18.1 Å². The Hall–Kier alpha value is -3.22. The summed E-state index contributed by atoms with van der Waals surface area (Å²) < 4.78 is 0. The van der Waals surface area contributed by atoms with Gasteiger partial charge in [0.25, 0.3) is 0 Å². The summed E-state index contributed by atoms with van der Waals surface area (Å²) in [5.74, 6) is -6.52. The fourth-order valence-electron chi connectivity index (χ4n) is 2.52. The summed E-state index contributed by atoms with van der Waals surface area (Å²) in [6.07, 6.45) is -1.16. The summed E-state index contributed by atoms with van der Waals surface area (Å²) in [5.41, 5.74) is 5.81. The van der Waals surface area contributed by atoms with Crippen LogP contribution in [0.5, 0.6) is 0 Å². The van der Waals surface area contributed by atoms with Gasteiger partial charge in [0.15, 0.2) is 0 Å². The molecule has 0 aliphatic carbocycles. The van der Waals surface area contributed by atoms with Gasteiger partial charge in [-0.1, -0.05) is 20.3 Å². The van der Waals surface area contributed by atoms with Crippen LogP contribution >= 0.6 is 0 Å². The zero-order valence-corrected chi connectivity index (χ0v) is 18.3. The first-order chi connectivity index (χ1) is 14.8. The van der Waals surface area contributed by atoms with E-state index < -0.39 is 79.1 Å². The van der Waals surface area contributed by atoms with E-state index in [-0.39, 0.29) is 12.3 Å². The van der Waals surface area contributed by atoms with Crippen molar-refractivity contribution < 1.29 is 44.1 Å². The van der Waals surface area contributed by atoms with Crippen LogP contribution in [0.2, 0.25) is 0 Å². The molecule has 0 aromatic heterocycles. The molecule has 0 saturated carbocycles. The monoisotopic (exact) mass is 460 g/mol. The first-order valence-electron chi connectivity index (χ1n) is 10.1. The normalized spacial score (nSPS) is 15.4. The molecule has 0 fully saturated rings. The molecule has 0 aliphatic heterocycles. The molecule has 5 unspecified atom stereocenters. The zero-order valence-electron chi connectivity index (χ0n) is 18.3. The maximum atomic E-state index is 12.5. The van der Waals surface area contributed by atoms with Crippen molar-refractivity contribution in [3.05, 3.63) is 0 Å². The minimum Gasteiger partial charge on any atom is -0.481 e. The number of carboxylic acids is 3. The Morgan fingerprint density at radius 3 is 1.66 bits per heavy atom. The van der Waals surface area contributed by atoms with Crippen molar-refractivity contribution in [3.8, 4) is 0 Å². The van der Waals surface area contributed by atoms with Gasteiger partial charge in [-0.25, -0.2) is 4.79 Å². The number of carboxylic acid groups (broad SMARTS) is 3. The predicted molar refractivity (Wildman–Crippen MR) is 110 cm³/mol. The Morgan fingerprint density at radius 2 is 1.22 bits per heavy atom. The van der Waals surface area contributed by atoms with Crippen molar-refractivity contribution in [2.75, 3.05) is 0 Å². The van der Waals surface area contributed by atoms with Crippen LogP contribution in [-0.4, -0.2) is 75.1 Å². The average molecular weight is 460 g/mol. The minimum absolute atomic E-state index is 0.141. The van der Waals surface area contributed by atoms with Gasteiger partial charge in [0.05, 0.1) is 6.04 Å². The Kier molecular flexibility index (Phi) is 12.6. The molecule has 0 spiro atoms. The van der Waals surface area contributed by atoms with E-state index in [4.69, 9.17) is 15.9 Å². The molecular weight excluding hydrogens is 428 g/mol. The van der Waals surface area contributed by atoms with Crippen molar-refractivity contribution in [1.82, 2.24) is 16.0 Å². The van der Waals surface area contributed by atoms with Gasteiger partial charge >= 0.3 is 17.9 Å². The van der Waals surface area contributed by atoms with Crippen LogP contribution in [0, 0.1) is 5.92 Å². The van der Waals surface area contributed by atoms with Crippen LogP contribution in [0.25, 0.3) is 0 Å². The molecule has 0 heterocycles. The van der Waals surface area contributed by atoms with Crippen molar-refractivity contribution >= 4 is 35.6 Å². The molecule has 13 heteroatoms. The highest BCUT2D eigenvalue weighted by atomic mass is 16.4. The fraction of sp³-hybridized carbons (Fsp3) is 0.684. The average Bonchev–Trinajstić information content (AvgIpc) is 2.71. The maximum Gasteiger partial charge on any atom is 0.326 e. The number of amides is 3. The zero-order chi connectivity index (χ0) is 25.0. The van der Waals surface area contributed by atoms with Gasteiger partial charge in [-0.2, -0.15) is 0 Å². The van der Waals surface area contributed by atoms with Gasteiger partial charge in [0.2, 0.25) is 17.7 Å². The summed E-state index contributed by atoms with van der Waals surface area (Å²) >= 11 is 0. The second-order valence-corrected chi connectivity index (χ2v) is 7.47.